The SMILES string of the molecule is C[C@]1(C(=O)O)NCCc2ccccc21. The van der Waals surface area contributed by atoms with Gasteiger partial charge in [0.25, 0.3) is 0 Å². The number of benzene rings is 1. The molecule has 0 radical (unpaired) electrons. The van der Waals surface area contributed by atoms with Crippen molar-refractivity contribution in [2.45, 2.75) is 18.9 Å². The molecule has 1 aliphatic rings. The van der Waals surface area contributed by atoms with Gasteiger partial charge in [0.05, 0.1) is 0 Å². The highest BCUT2D eigenvalue weighted by atomic mass is 16.4. The minimum atomic E-state index is -0.922. The van der Waals surface area contributed by atoms with E-state index in [2.05, 4.69) is 5.32 Å². The lowest BCUT2D eigenvalue weighted by Gasteiger charge is -2.33. The van der Waals surface area contributed by atoms with Gasteiger partial charge in [-0.05, 0) is 24.5 Å². The maximum absolute atomic E-state index is 11.2. The Balaban J connectivity index is 2.55. The van der Waals surface area contributed by atoms with Gasteiger partial charge in [-0.3, -0.25) is 5.32 Å². The molecule has 0 unspecified atom stereocenters. The van der Waals surface area contributed by atoms with Crippen molar-refractivity contribution in [3.05, 3.63) is 35.4 Å². The first-order valence-corrected chi connectivity index (χ1v) is 4.71. The van der Waals surface area contributed by atoms with E-state index in [0.717, 1.165) is 24.1 Å². The second-order valence-corrected chi connectivity index (χ2v) is 3.76. The number of carbonyl (C=O) groups is 1. The Morgan fingerprint density at radius 1 is 1.50 bits per heavy atom. The van der Waals surface area contributed by atoms with Crippen molar-refractivity contribution in [1.82, 2.24) is 5.32 Å². The standard InChI is InChI=1S/C11H13NO2/c1-11(10(13)14)9-5-3-2-4-8(9)6-7-12-11/h2-5,12H,6-7H2,1H3,(H,13,14)/t11-/m0/s1. The van der Waals surface area contributed by atoms with Crippen molar-refractivity contribution in [3.63, 3.8) is 0 Å². The highest BCUT2D eigenvalue weighted by molar-refractivity contribution is 5.81. The van der Waals surface area contributed by atoms with E-state index >= 15 is 0 Å². The number of fused-ring (bicyclic) bond motifs is 1. The van der Waals surface area contributed by atoms with Gasteiger partial charge >= 0.3 is 5.97 Å². The second kappa shape index (κ2) is 3.10. The van der Waals surface area contributed by atoms with Crippen LogP contribution < -0.4 is 5.32 Å². The van der Waals surface area contributed by atoms with Gasteiger partial charge < -0.3 is 5.11 Å². The normalized spacial score (nSPS) is 25.5. The van der Waals surface area contributed by atoms with E-state index in [-0.39, 0.29) is 0 Å². The molecule has 0 fully saturated rings. The van der Waals surface area contributed by atoms with Crippen molar-refractivity contribution in [3.8, 4) is 0 Å². The molecule has 0 aliphatic carbocycles. The fraction of sp³-hybridized carbons (Fsp3) is 0.364. The van der Waals surface area contributed by atoms with Gasteiger partial charge in [0.15, 0.2) is 0 Å². The summed E-state index contributed by atoms with van der Waals surface area (Å²) < 4.78 is 0. The zero-order chi connectivity index (χ0) is 10.2. The molecule has 0 saturated heterocycles. The van der Waals surface area contributed by atoms with Gasteiger partial charge in [-0.15, -0.1) is 0 Å². The molecule has 2 N–H and O–H groups in total. The van der Waals surface area contributed by atoms with Gasteiger partial charge in [-0.25, -0.2) is 4.79 Å². The third-order valence-electron chi connectivity index (χ3n) is 2.86. The first kappa shape index (κ1) is 9.21. The summed E-state index contributed by atoms with van der Waals surface area (Å²) in [7, 11) is 0. The van der Waals surface area contributed by atoms with E-state index < -0.39 is 11.5 Å². The van der Waals surface area contributed by atoms with Gasteiger partial charge in [0, 0.05) is 6.54 Å². The lowest BCUT2D eigenvalue weighted by molar-refractivity contribution is -0.144. The van der Waals surface area contributed by atoms with Crippen LogP contribution in [0.3, 0.4) is 0 Å². The Labute approximate surface area is 82.8 Å². The number of nitrogens with one attached hydrogen (secondary N) is 1. The van der Waals surface area contributed by atoms with Crippen molar-refractivity contribution < 1.29 is 9.90 Å². The predicted octanol–water partition coefficient (Wildman–Crippen LogP) is 1.13. The van der Waals surface area contributed by atoms with E-state index in [4.69, 9.17) is 0 Å². The molecule has 1 aromatic rings. The summed E-state index contributed by atoms with van der Waals surface area (Å²) in [5, 5.41) is 12.2. The Kier molecular flexibility index (Phi) is 2.04. The fourth-order valence-electron chi connectivity index (χ4n) is 1.96. The highest BCUT2D eigenvalue weighted by Crippen LogP contribution is 2.28. The average molecular weight is 191 g/mol. The van der Waals surface area contributed by atoms with Crippen LogP contribution in [0.4, 0.5) is 0 Å². The number of carboxylic acid groups (broad SMARTS) is 1. The maximum Gasteiger partial charge on any atom is 0.328 e. The monoisotopic (exact) mass is 191 g/mol. The Morgan fingerprint density at radius 2 is 2.21 bits per heavy atom. The van der Waals surface area contributed by atoms with Crippen LogP contribution in [-0.4, -0.2) is 17.6 Å². The first-order valence-electron chi connectivity index (χ1n) is 4.71. The lowest BCUT2D eigenvalue weighted by atomic mass is 9.84. The van der Waals surface area contributed by atoms with Crippen molar-refractivity contribution in [2.75, 3.05) is 6.54 Å². The summed E-state index contributed by atoms with van der Waals surface area (Å²) in [4.78, 5) is 11.2. The van der Waals surface area contributed by atoms with Crippen LogP contribution in [0.1, 0.15) is 18.1 Å². The molecule has 74 valence electrons. The number of rotatable bonds is 1. The molecule has 2 rings (SSSR count). The van der Waals surface area contributed by atoms with E-state index in [0.29, 0.717) is 0 Å². The largest absolute Gasteiger partial charge is 0.480 e. The number of aliphatic carboxylic acids is 1. The molecule has 3 heteroatoms. The predicted molar refractivity (Wildman–Crippen MR) is 53.1 cm³/mol. The number of hydrogen-bond acceptors (Lipinski definition) is 2. The van der Waals surface area contributed by atoms with E-state index in [1.807, 2.05) is 24.3 Å². The summed E-state index contributed by atoms with van der Waals surface area (Å²) in [5.74, 6) is -0.815. The molecular formula is C11H13NO2. The summed E-state index contributed by atoms with van der Waals surface area (Å²) in [6, 6.07) is 7.71. The molecule has 0 amide bonds. The fourth-order valence-corrected chi connectivity index (χ4v) is 1.96. The van der Waals surface area contributed by atoms with E-state index in [1.165, 1.54) is 0 Å². The maximum atomic E-state index is 11.2. The lowest BCUT2D eigenvalue weighted by Crippen LogP contribution is -2.50. The van der Waals surface area contributed by atoms with Gasteiger partial charge in [-0.2, -0.15) is 0 Å². The second-order valence-electron chi connectivity index (χ2n) is 3.76. The van der Waals surface area contributed by atoms with Gasteiger partial charge in [0.2, 0.25) is 0 Å². The number of hydrogen-bond donors (Lipinski definition) is 2. The third kappa shape index (κ3) is 1.21. The van der Waals surface area contributed by atoms with Crippen molar-refractivity contribution in [2.24, 2.45) is 0 Å². The molecule has 3 nitrogen and oxygen atoms in total. The van der Waals surface area contributed by atoms with Gasteiger partial charge in [-0.1, -0.05) is 24.3 Å². The smallest absolute Gasteiger partial charge is 0.328 e. The van der Waals surface area contributed by atoms with E-state index in [9.17, 15) is 9.90 Å². The molecule has 0 saturated carbocycles. The summed E-state index contributed by atoms with van der Waals surface area (Å²) in [6.07, 6.45) is 0.902. The molecule has 0 aromatic heterocycles. The molecule has 0 bridgehead atoms. The van der Waals surface area contributed by atoms with Gasteiger partial charge in [0.1, 0.15) is 5.54 Å². The third-order valence-corrected chi connectivity index (χ3v) is 2.86. The minimum absolute atomic E-state index is 0.722. The molecule has 1 heterocycles. The molecule has 0 spiro atoms. The summed E-state index contributed by atoms with van der Waals surface area (Å²) in [6.45, 7) is 2.44. The van der Waals surface area contributed by atoms with Crippen LogP contribution >= 0.6 is 0 Å². The first-order chi connectivity index (χ1) is 6.64. The molecular weight excluding hydrogens is 178 g/mol. The van der Waals surface area contributed by atoms with Crippen LogP contribution in [0.5, 0.6) is 0 Å². The highest BCUT2D eigenvalue weighted by Gasteiger charge is 2.38. The minimum Gasteiger partial charge on any atom is -0.480 e. The average Bonchev–Trinajstić information content (AvgIpc) is 2.18. The van der Waals surface area contributed by atoms with E-state index in [1.54, 1.807) is 6.92 Å². The summed E-state index contributed by atoms with van der Waals surface area (Å²) >= 11 is 0. The molecule has 1 aromatic carbocycles. The molecule has 1 atom stereocenters. The quantitative estimate of drug-likeness (QED) is 0.699. The molecule has 1 aliphatic heterocycles. The van der Waals surface area contributed by atoms with Crippen LogP contribution in [0.2, 0.25) is 0 Å². The zero-order valence-electron chi connectivity index (χ0n) is 8.08. The topological polar surface area (TPSA) is 49.3 Å². The van der Waals surface area contributed by atoms with Crippen LogP contribution in [0.15, 0.2) is 24.3 Å². The number of carboxylic acids is 1. The Bertz CT molecular complexity index is 375. The van der Waals surface area contributed by atoms with Crippen LogP contribution in [0.25, 0.3) is 0 Å². The Hall–Kier alpha value is -1.35. The molecule has 14 heavy (non-hydrogen) atoms. The van der Waals surface area contributed by atoms with Crippen molar-refractivity contribution in [1.29, 1.82) is 0 Å². The van der Waals surface area contributed by atoms with Crippen molar-refractivity contribution >= 4 is 5.97 Å². The Morgan fingerprint density at radius 3 is 2.93 bits per heavy atom. The zero-order valence-corrected chi connectivity index (χ0v) is 8.08. The van der Waals surface area contributed by atoms with Crippen LogP contribution in [0, 0.1) is 0 Å². The van der Waals surface area contributed by atoms with Crippen LogP contribution in [-0.2, 0) is 16.8 Å². The summed E-state index contributed by atoms with van der Waals surface area (Å²) in [5.41, 5.74) is 1.10.